The molecule has 7 heteroatoms. The maximum Gasteiger partial charge on any atom is 0.221 e. The number of rotatable bonds is 9. The second-order valence-corrected chi connectivity index (χ2v) is 8.08. The first kappa shape index (κ1) is 20.6. The van der Waals surface area contributed by atoms with E-state index in [1.165, 1.54) is 19.1 Å². The van der Waals surface area contributed by atoms with E-state index in [9.17, 15) is 13.2 Å². The lowest BCUT2D eigenvalue weighted by Gasteiger charge is -2.34. The summed E-state index contributed by atoms with van der Waals surface area (Å²) in [7, 11) is -3.70. The first-order valence-electron chi connectivity index (χ1n) is 8.18. The van der Waals surface area contributed by atoms with Gasteiger partial charge in [-0.25, -0.2) is 8.42 Å². The van der Waals surface area contributed by atoms with Crippen molar-refractivity contribution in [2.24, 2.45) is 0 Å². The van der Waals surface area contributed by atoms with Crippen LogP contribution in [0.25, 0.3) is 0 Å². The summed E-state index contributed by atoms with van der Waals surface area (Å²) in [5.74, 6) is -0.203. The highest BCUT2D eigenvalue weighted by atomic mass is 32.2. The number of carbonyl (C=O) groups is 1. The van der Waals surface area contributed by atoms with Crippen LogP contribution >= 0.6 is 0 Å². The van der Waals surface area contributed by atoms with E-state index in [0.29, 0.717) is 18.8 Å². The van der Waals surface area contributed by atoms with Gasteiger partial charge >= 0.3 is 0 Å². The first-order chi connectivity index (χ1) is 11.2. The smallest absolute Gasteiger partial charge is 0.221 e. The number of sulfone groups is 1. The van der Waals surface area contributed by atoms with Gasteiger partial charge in [0.1, 0.15) is 0 Å². The van der Waals surface area contributed by atoms with E-state index < -0.39 is 14.8 Å². The molecule has 1 unspecified atom stereocenters. The van der Waals surface area contributed by atoms with Crippen LogP contribution in [0.3, 0.4) is 0 Å². The maximum absolute atomic E-state index is 13.1. The van der Waals surface area contributed by atoms with Crippen LogP contribution < -0.4 is 5.32 Å². The second kappa shape index (κ2) is 8.60. The van der Waals surface area contributed by atoms with Crippen LogP contribution in [-0.2, 0) is 19.4 Å². The van der Waals surface area contributed by atoms with Crippen molar-refractivity contribution in [1.82, 2.24) is 4.90 Å². The average molecular weight is 356 g/mol. The Bertz CT molecular complexity index is 639. The van der Waals surface area contributed by atoms with E-state index in [1.807, 2.05) is 18.7 Å². The Labute approximate surface area is 145 Å². The number of nitrogens with zero attached hydrogens (tertiary/aromatic N) is 1. The van der Waals surface area contributed by atoms with Crippen LogP contribution in [0.1, 0.15) is 34.6 Å². The Kier molecular flexibility index (Phi) is 7.38. The summed E-state index contributed by atoms with van der Waals surface area (Å²) in [5, 5.41) is 2.62. The molecule has 1 atom stereocenters. The van der Waals surface area contributed by atoms with E-state index in [1.54, 1.807) is 26.0 Å². The number of hydrogen-bond acceptors (Lipinski definition) is 5. The van der Waals surface area contributed by atoms with Crippen molar-refractivity contribution in [2.45, 2.75) is 44.4 Å². The number of nitrogens with one attached hydrogen (secondary N) is 1. The van der Waals surface area contributed by atoms with Crippen molar-refractivity contribution in [3.05, 3.63) is 24.3 Å². The van der Waals surface area contributed by atoms with Crippen LogP contribution in [0.2, 0.25) is 0 Å². The molecule has 0 heterocycles. The zero-order chi connectivity index (χ0) is 18.4. The van der Waals surface area contributed by atoms with Gasteiger partial charge in [-0.3, -0.25) is 9.69 Å². The highest BCUT2D eigenvalue weighted by molar-refractivity contribution is 7.92. The van der Waals surface area contributed by atoms with Crippen molar-refractivity contribution in [3.8, 4) is 0 Å². The Balaban J connectivity index is 3.18. The zero-order valence-corrected chi connectivity index (χ0v) is 15.9. The molecule has 0 bridgehead atoms. The third-order valence-corrected chi connectivity index (χ3v) is 6.18. The van der Waals surface area contributed by atoms with Gasteiger partial charge in [0.2, 0.25) is 15.7 Å². The van der Waals surface area contributed by atoms with Crippen LogP contribution in [0, 0.1) is 0 Å². The van der Waals surface area contributed by atoms with Crippen LogP contribution in [0.4, 0.5) is 5.69 Å². The molecule has 0 radical (unpaired) electrons. The molecule has 0 aromatic heterocycles. The topological polar surface area (TPSA) is 75.7 Å². The van der Waals surface area contributed by atoms with Gasteiger partial charge in [-0.1, -0.05) is 13.8 Å². The molecule has 6 nitrogen and oxygen atoms in total. The molecule has 1 aromatic rings. The summed E-state index contributed by atoms with van der Waals surface area (Å²) in [6, 6.07) is 6.16. The first-order valence-corrected chi connectivity index (χ1v) is 9.67. The third kappa shape index (κ3) is 4.78. The number of anilines is 1. The van der Waals surface area contributed by atoms with Gasteiger partial charge in [0.15, 0.2) is 4.93 Å². The number of amides is 1. The van der Waals surface area contributed by atoms with Crippen molar-refractivity contribution < 1.29 is 17.9 Å². The number of likely N-dealkylation sites (N-methyl/N-ethyl adjacent to an activating group) is 1. The van der Waals surface area contributed by atoms with Gasteiger partial charge in [0.25, 0.3) is 0 Å². The van der Waals surface area contributed by atoms with Crippen molar-refractivity contribution in [3.63, 3.8) is 0 Å². The maximum atomic E-state index is 13.1. The molecule has 0 saturated heterocycles. The normalized spacial score (nSPS) is 14.4. The highest BCUT2D eigenvalue weighted by Gasteiger charge is 2.42. The van der Waals surface area contributed by atoms with Crippen LogP contribution in [0.15, 0.2) is 29.2 Å². The second-order valence-electron chi connectivity index (χ2n) is 5.74. The summed E-state index contributed by atoms with van der Waals surface area (Å²) in [5.41, 5.74) is 0.559. The molecule has 1 N–H and O–H groups in total. The molecule has 0 fully saturated rings. The molecule has 1 amide bonds. The lowest BCUT2D eigenvalue weighted by molar-refractivity contribution is -0.114. The van der Waals surface area contributed by atoms with Crippen molar-refractivity contribution in [2.75, 3.05) is 31.6 Å². The van der Waals surface area contributed by atoms with Crippen LogP contribution in [-0.4, -0.2) is 50.4 Å². The van der Waals surface area contributed by atoms with Crippen molar-refractivity contribution >= 4 is 21.4 Å². The van der Waals surface area contributed by atoms with E-state index in [-0.39, 0.29) is 10.8 Å². The Morgan fingerprint density at radius 1 is 1.17 bits per heavy atom. The molecule has 0 aliphatic rings. The molecular weight excluding hydrogens is 328 g/mol. The minimum Gasteiger partial charge on any atom is -0.358 e. The molecule has 24 heavy (non-hydrogen) atoms. The molecule has 0 aliphatic heterocycles. The quantitative estimate of drug-likeness (QED) is 0.736. The molecule has 136 valence electrons. The lowest BCUT2D eigenvalue weighted by Crippen LogP contribution is -2.48. The van der Waals surface area contributed by atoms with Gasteiger partial charge in [0.05, 0.1) is 4.90 Å². The lowest BCUT2D eigenvalue weighted by atomic mass is 10.3. The fourth-order valence-corrected chi connectivity index (χ4v) is 4.16. The van der Waals surface area contributed by atoms with E-state index in [0.717, 1.165) is 13.1 Å². The Morgan fingerprint density at radius 2 is 1.71 bits per heavy atom. The van der Waals surface area contributed by atoms with Gasteiger partial charge < -0.3 is 10.1 Å². The summed E-state index contributed by atoms with van der Waals surface area (Å²) < 4.78 is 31.9. The summed E-state index contributed by atoms with van der Waals surface area (Å²) >= 11 is 0. The SMILES string of the molecule is CCOC(C)(CN(CC)CC)S(=O)(=O)c1ccc(NC(C)=O)cc1. The predicted octanol–water partition coefficient (Wildman–Crippen LogP) is 2.51. The number of hydrogen-bond donors (Lipinski definition) is 1. The van der Waals surface area contributed by atoms with E-state index in [2.05, 4.69) is 5.32 Å². The molecular formula is C17H28N2O4S. The van der Waals surface area contributed by atoms with Gasteiger partial charge in [0, 0.05) is 25.8 Å². The minimum absolute atomic E-state index is 0.180. The fourth-order valence-electron chi connectivity index (χ4n) is 2.54. The predicted molar refractivity (Wildman–Crippen MR) is 95.8 cm³/mol. The minimum atomic E-state index is -3.70. The van der Waals surface area contributed by atoms with Gasteiger partial charge in [-0.2, -0.15) is 0 Å². The molecule has 0 spiro atoms. The molecule has 0 aliphatic carbocycles. The monoisotopic (exact) mass is 356 g/mol. The average Bonchev–Trinajstić information content (AvgIpc) is 2.52. The van der Waals surface area contributed by atoms with Gasteiger partial charge in [-0.15, -0.1) is 0 Å². The number of ether oxygens (including phenoxy) is 1. The van der Waals surface area contributed by atoms with Gasteiger partial charge in [-0.05, 0) is 51.2 Å². The number of carbonyl (C=O) groups excluding carboxylic acids is 1. The summed E-state index contributed by atoms with van der Waals surface area (Å²) in [4.78, 5) is 11.9. The largest absolute Gasteiger partial charge is 0.358 e. The molecule has 0 saturated carbocycles. The fraction of sp³-hybridized carbons (Fsp3) is 0.588. The summed E-state index contributed by atoms with van der Waals surface area (Å²) in [6.07, 6.45) is 0. The zero-order valence-electron chi connectivity index (χ0n) is 15.1. The number of benzene rings is 1. The van der Waals surface area contributed by atoms with E-state index >= 15 is 0 Å². The van der Waals surface area contributed by atoms with Crippen LogP contribution in [0.5, 0.6) is 0 Å². The Hall–Kier alpha value is -1.44. The van der Waals surface area contributed by atoms with E-state index in [4.69, 9.17) is 4.74 Å². The molecule has 1 aromatic carbocycles. The standard InChI is InChI=1S/C17H28N2O4S/c1-6-19(7-2)13-17(5,23-8-3)24(21,22)16-11-9-15(10-12-16)18-14(4)20/h9-12H,6-8,13H2,1-5H3,(H,18,20). The molecule has 1 rings (SSSR count). The van der Waals surface area contributed by atoms with Crippen molar-refractivity contribution in [1.29, 1.82) is 0 Å². The third-order valence-electron chi connectivity index (χ3n) is 3.91. The highest BCUT2D eigenvalue weighted by Crippen LogP contribution is 2.29. The Morgan fingerprint density at radius 3 is 2.12 bits per heavy atom. The summed E-state index contributed by atoms with van der Waals surface area (Å²) in [6.45, 7) is 10.9.